The van der Waals surface area contributed by atoms with Gasteiger partial charge in [-0.05, 0) is 38.8 Å². The molecule has 1 atom stereocenters. The van der Waals surface area contributed by atoms with Crippen molar-refractivity contribution in [3.05, 3.63) is 0 Å². The molecule has 0 saturated carbocycles. The van der Waals surface area contributed by atoms with Gasteiger partial charge in [-0.1, -0.05) is 0 Å². The fourth-order valence-electron chi connectivity index (χ4n) is 2.15. The predicted octanol–water partition coefficient (Wildman–Crippen LogP) is -0.615. The molecule has 5 N–H and O–H groups in total. The first-order valence-electron chi connectivity index (χ1n) is 5.67. The Morgan fingerprint density at radius 2 is 2.19 bits per heavy atom. The van der Waals surface area contributed by atoms with E-state index in [0.29, 0.717) is 12.6 Å². The molecule has 3 amide bonds. The summed E-state index contributed by atoms with van der Waals surface area (Å²) >= 11 is 0. The van der Waals surface area contributed by atoms with E-state index in [9.17, 15) is 9.59 Å². The van der Waals surface area contributed by atoms with Crippen molar-refractivity contribution in [2.24, 2.45) is 11.5 Å². The lowest BCUT2D eigenvalue weighted by atomic mass is 10.1. The molecule has 1 aliphatic rings. The molecule has 0 bridgehead atoms. The Kier molecular flexibility index (Phi) is 5.21. The molecule has 6 heteroatoms. The molecule has 1 rings (SSSR count). The highest BCUT2D eigenvalue weighted by Gasteiger charge is 2.25. The molecule has 1 heterocycles. The van der Waals surface area contributed by atoms with Crippen LogP contribution >= 0.6 is 0 Å². The third-order valence-electron chi connectivity index (χ3n) is 2.85. The molecule has 0 radical (unpaired) electrons. The minimum atomic E-state index is -0.789. The van der Waals surface area contributed by atoms with Gasteiger partial charge in [-0.15, -0.1) is 0 Å². The number of nitrogens with two attached hydrogens (primary N) is 2. The van der Waals surface area contributed by atoms with Gasteiger partial charge < -0.3 is 11.5 Å². The Morgan fingerprint density at radius 1 is 1.44 bits per heavy atom. The Balaban J connectivity index is 2.34. The van der Waals surface area contributed by atoms with Crippen molar-refractivity contribution >= 4 is 11.9 Å². The summed E-state index contributed by atoms with van der Waals surface area (Å²) in [4.78, 5) is 23.9. The topological polar surface area (TPSA) is 101 Å². The highest BCUT2D eigenvalue weighted by Crippen LogP contribution is 2.20. The second kappa shape index (κ2) is 6.44. The fourth-order valence-corrected chi connectivity index (χ4v) is 2.15. The highest BCUT2D eigenvalue weighted by atomic mass is 16.2. The summed E-state index contributed by atoms with van der Waals surface area (Å²) in [5.74, 6) is -0.327. The molecule has 0 aromatic rings. The Hall–Kier alpha value is -1.14. The number of nitrogens with one attached hydrogen (secondary N) is 1. The number of amides is 3. The standard InChI is InChI=1S/C10H20N4O2/c11-5-1-3-8-4-2-6-14(8)7-9(15)13-10(12)16/h8H,1-7,11H2,(H3,12,13,15,16). The quantitative estimate of drug-likeness (QED) is 0.584. The highest BCUT2D eigenvalue weighted by molar-refractivity contribution is 5.94. The van der Waals surface area contributed by atoms with Crippen molar-refractivity contribution in [1.29, 1.82) is 0 Å². The third-order valence-corrected chi connectivity index (χ3v) is 2.85. The number of carbonyl (C=O) groups is 2. The summed E-state index contributed by atoms with van der Waals surface area (Å²) in [6, 6.07) is -0.370. The first-order chi connectivity index (χ1) is 7.63. The maximum absolute atomic E-state index is 11.4. The van der Waals surface area contributed by atoms with Gasteiger partial charge in [0.05, 0.1) is 6.54 Å². The number of hydrogen-bond acceptors (Lipinski definition) is 4. The van der Waals surface area contributed by atoms with Crippen LogP contribution in [0.2, 0.25) is 0 Å². The van der Waals surface area contributed by atoms with Gasteiger partial charge in [-0.2, -0.15) is 0 Å². The Morgan fingerprint density at radius 3 is 2.81 bits per heavy atom. The summed E-state index contributed by atoms with van der Waals surface area (Å²) < 4.78 is 0. The van der Waals surface area contributed by atoms with Crippen LogP contribution in [0, 0.1) is 0 Å². The van der Waals surface area contributed by atoms with E-state index in [-0.39, 0.29) is 12.5 Å². The maximum Gasteiger partial charge on any atom is 0.318 e. The average molecular weight is 228 g/mol. The van der Waals surface area contributed by atoms with Crippen LogP contribution in [-0.4, -0.2) is 42.5 Å². The van der Waals surface area contributed by atoms with Crippen LogP contribution in [-0.2, 0) is 4.79 Å². The molecule has 0 aliphatic carbocycles. The van der Waals surface area contributed by atoms with Crippen molar-refractivity contribution in [2.75, 3.05) is 19.6 Å². The first-order valence-corrected chi connectivity index (χ1v) is 5.67. The summed E-state index contributed by atoms with van der Waals surface area (Å²) in [5.41, 5.74) is 10.3. The predicted molar refractivity (Wildman–Crippen MR) is 60.6 cm³/mol. The van der Waals surface area contributed by atoms with E-state index in [2.05, 4.69) is 10.2 Å². The molecule has 1 saturated heterocycles. The molecule has 1 fully saturated rings. The molecule has 0 aromatic carbocycles. The number of likely N-dealkylation sites (tertiary alicyclic amines) is 1. The second-order valence-corrected chi connectivity index (χ2v) is 4.11. The minimum Gasteiger partial charge on any atom is -0.351 e. The maximum atomic E-state index is 11.4. The molecule has 16 heavy (non-hydrogen) atoms. The van der Waals surface area contributed by atoms with Crippen LogP contribution in [0.25, 0.3) is 0 Å². The molecular weight excluding hydrogens is 208 g/mol. The summed E-state index contributed by atoms with van der Waals surface area (Å²) in [6.45, 7) is 1.83. The Labute approximate surface area is 95.3 Å². The van der Waals surface area contributed by atoms with E-state index in [1.54, 1.807) is 0 Å². The number of urea groups is 1. The number of hydrogen-bond donors (Lipinski definition) is 3. The van der Waals surface area contributed by atoms with Gasteiger partial charge >= 0.3 is 6.03 Å². The largest absolute Gasteiger partial charge is 0.351 e. The van der Waals surface area contributed by atoms with Crippen molar-refractivity contribution < 1.29 is 9.59 Å². The lowest BCUT2D eigenvalue weighted by molar-refractivity contribution is -0.121. The third kappa shape index (κ3) is 4.16. The van der Waals surface area contributed by atoms with Crippen LogP contribution in [0.1, 0.15) is 25.7 Å². The molecule has 1 unspecified atom stereocenters. The normalized spacial score (nSPS) is 20.9. The molecule has 0 spiro atoms. The Bertz CT molecular complexity index is 257. The van der Waals surface area contributed by atoms with Crippen molar-refractivity contribution in [3.63, 3.8) is 0 Å². The van der Waals surface area contributed by atoms with Gasteiger partial charge in [0.1, 0.15) is 0 Å². The summed E-state index contributed by atoms with van der Waals surface area (Å²) in [5, 5.41) is 2.08. The zero-order chi connectivity index (χ0) is 12.0. The van der Waals surface area contributed by atoms with E-state index < -0.39 is 6.03 Å². The minimum absolute atomic E-state index is 0.248. The number of rotatable bonds is 5. The first kappa shape index (κ1) is 12.9. The number of nitrogens with zero attached hydrogens (tertiary/aromatic N) is 1. The van der Waals surface area contributed by atoms with Crippen LogP contribution < -0.4 is 16.8 Å². The number of imide groups is 1. The summed E-state index contributed by atoms with van der Waals surface area (Å²) in [6.07, 6.45) is 4.18. The van der Waals surface area contributed by atoms with Crippen molar-refractivity contribution in [3.8, 4) is 0 Å². The average Bonchev–Trinajstić information content (AvgIpc) is 2.61. The van der Waals surface area contributed by atoms with E-state index in [0.717, 1.165) is 32.2 Å². The van der Waals surface area contributed by atoms with Crippen LogP contribution in [0.3, 0.4) is 0 Å². The van der Waals surface area contributed by atoms with E-state index in [1.807, 2.05) is 0 Å². The molecule has 6 nitrogen and oxygen atoms in total. The molecule has 0 aromatic heterocycles. The SMILES string of the molecule is NCCCC1CCCN1CC(=O)NC(N)=O. The van der Waals surface area contributed by atoms with Gasteiger partial charge in [-0.3, -0.25) is 15.0 Å². The van der Waals surface area contributed by atoms with Crippen molar-refractivity contribution in [2.45, 2.75) is 31.7 Å². The van der Waals surface area contributed by atoms with Gasteiger partial charge in [0.25, 0.3) is 0 Å². The lowest BCUT2D eigenvalue weighted by Crippen LogP contribution is -2.43. The van der Waals surface area contributed by atoms with Crippen LogP contribution in [0.15, 0.2) is 0 Å². The van der Waals surface area contributed by atoms with Gasteiger partial charge in [0, 0.05) is 6.04 Å². The van der Waals surface area contributed by atoms with E-state index in [1.165, 1.54) is 0 Å². The van der Waals surface area contributed by atoms with Gasteiger partial charge in [0.2, 0.25) is 5.91 Å². The smallest absolute Gasteiger partial charge is 0.318 e. The second-order valence-electron chi connectivity index (χ2n) is 4.11. The monoisotopic (exact) mass is 228 g/mol. The zero-order valence-corrected chi connectivity index (χ0v) is 9.45. The lowest BCUT2D eigenvalue weighted by Gasteiger charge is -2.23. The van der Waals surface area contributed by atoms with Crippen molar-refractivity contribution in [1.82, 2.24) is 10.2 Å². The van der Waals surface area contributed by atoms with E-state index >= 15 is 0 Å². The van der Waals surface area contributed by atoms with Gasteiger partial charge in [-0.25, -0.2) is 4.79 Å². The number of primary amides is 1. The van der Waals surface area contributed by atoms with Crippen LogP contribution in [0.5, 0.6) is 0 Å². The molecule has 1 aliphatic heterocycles. The van der Waals surface area contributed by atoms with Gasteiger partial charge in [0.15, 0.2) is 0 Å². The number of carbonyl (C=O) groups excluding carboxylic acids is 2. The summed E-state index contributed by atoms with van der Waals surface area (Å²) in [7, 11) is 0. The van der Waals surface area contributed by atoms with E-state index in [4.69, 9.17) is 11.5 Å². The molecule has 92 valence electrons. The van der Waals surface area contributed by atoms with Crippen LogP contribution in [0.4, 0.5) is 4.79 Å². The zero-order valence-electron chi connectivity index (χ0n) is 9.45. The fraction of sp³-hybridized carbons (Fsp3) is 0.800. The molecular formula is C10H20N4O2.